The summed E-state index contributed by atoms with van der Waals surface area (Å²) in [5, 5.41) is 38.6. The van der Waals surface area contributed by atoms with E-state index in [1.807, 2.05) is 0 Å². The molecule has 21 heavy (non-hydrogen) atoms. The van der Waals surface area contributed by atoms with Crippen LogP contribution in [0.4, 0.5) is 5.69 Å². The molecule has 1 saturated heterocycles. The molecular formula is C12H14NNaO7. The minimum Gasteiger partial charge on any atom is -0.545 e. The number of aliphatic hydroxyl groups excluding tert-OH is 3. The van der Waals surface area contributed by atoms with E-state index in [9.17, 15) is 20.1 Å². The molecule has 4 N–H and O–H groups in total. The number of hydrogen-bond donors (Lipinski definition) is 4. The summed E-state index contributed by atoms with van der Waals surface area (Å²) < 4.78 is 5.08. The molecule has 1 fully saturated rings. The summed E-state index contributed by atoms with van der Waals surface area (Å²) >= 11 is 0. The summed E-state index contributed by atoms with van der Waals surface area (Å²) in [5.41, 5.74) is 2.90. The minimum atomic E-state index is -1.30. The van der Waals surface area contributed by atoms with Crippen molar-refractivity contribution in [2.45, 2.75) is 24.6 Å². The zero-order chi connectivity index (χ0) is 14.7. The van der Waals surface area contributed by atoms with Gasteiger partial charge in [-0.05, 0) is 17.7 Å². The molecule has 1 aromatic carbocycles. The van der Waals surface area contributed by atoms with Crippen LogP contribution in [0.25, 0.3) is 0 Å². The third-order valence-corrected chi connectivity index (χ3v) is 2.91. The Labute approximate surface area is 142 Å². The van der Waals surface area contributed by atoms with E-state index in [1.54, 1.807) is 0 Å². The van der Waals surface area contributed by atoms with E-state index < -0.39 is 37.2 Å². The molecule has 1 aromatic rings. The summed E-state index contributed by atoms with van der Waals surface area (Å²) in [5.74, 6) is -1.29. The van der Waals surface area contributed by atoms with E-state index in [-0.39, 0.29) is 35.1 Å². The van der Waals surface area contributed by atoms with Crippen molar-refractivity contribution in [1.29, 1.82) is 0 Å². The van der Waals surface area contributed by atoms with Crippen molar-refractivity contribution < 1.29 is 64.4 Å². The monoisotopic (exact) mass is 307 g/mol. The van der Waals surface area contributed by atoms with Gasteiger partial charge < -0.3 is 30.0 Å². The molecule has 1 unspecified atom stereocenters. The first kappa shape index (κ1) is 18.3. The van der Waals surface area contributed by atoms with Crippen LogP contribution in [0, 0.1) is 0 Å². The van der Waals surface area contributed by atoms with Crippen molar-refractivity contribution >= 4 is 11.7 Å². The SMILES string of the molecule is O=C([O-])c1ccc(NOC2O[C@H](CO)[C@@H](O)[C@@H]2O)cc1.[Na+]. The third-order valence-electron chi connectivity index (χ3n) is 2.91. The van der Waals surface area contributed by atoms with E-state index in [0.29, 0.717) is 5.69 Å². The van der Waals surface area contributed by atoms with Gasteiger partial charge in [0.1, 0.15) is 18.3 Å². The van der Waals surface area contributed by atoms with E-state index in [2.05, 4.69) is 5.48 Å². The number of benzene rings is 1. The summed E-state index contributed by atoms with van der Waals surface area (Å²) in [6, 6.07) is 5.51. The average molecular weight is 307 g/mol. The quantitative estimate of drug-likeness (QED) is 0.314. The first-order chi connectivity index (χ1) is 9.52. The number of carboxylic acid groups (broad SMARTS) is 1. The Kier molecular flexibility index (Phi) is 7.04. The van der Waals surface area contributed by atoms with E-state index in [0.717, 1.165) is 0 Å². The van der Waals surface area contributed by atoms with E-state index >= 15 is 0 Å². The number of nitrogens with one attached hydrogen (secondary N) is 1. The van der Waals surface area contributed by atoms with Crippen molar-refractivity contribution in [1.82, 2.24) is 0 Å². The number of anilines is 1. The minimum absolute atomic E-state index is 0. The molecular weight excluding hydrogens is 293 g/mol. The second-order valence-electron chi connectivity index (χ2n) is 4.29. The molecule has 1 heterocycles. The molecule has 0 aromatic heterocycles. The fourth-order valence-electron chi connectivity index (χ4n) is 1.76. The van der Waals surface area contributed by atoms with Crippen LogP contribution in [0.3, 0.4) is 0 Å². The van der Waals surface area contributed by atoms with Crippen LogP contribution in [0.15, 0.2) is 24.3 Å². The largest absolute Gasteiger partial charge is 1.00 e. The van der Waals surface area contributed by atoms with Crippen LogP contribution in [0.5, 0.6) is 0 Å². The molecule has 2 rings (SSSR count). The Morgan fingerprint density at radius 3 is 2.38 bits per heavy atom. The number of ether oxygens (including phenoxy) is 1. The Morgan fingerprint density at radius 2 is 1.90 bits per heavy atom. The smallest absolute Gasteiger partial charge is 0.545 e. The van der Waals surface area contributed by atoms with Crippen molar-refractivity contribution in [2.24, 2.45) is 0 Å². The molecule has 110 valence electrons. The third kappa shape index (κ3) is 4.38. The van der Waals surface area contributed by atoms with Gasteiger partial charge in [-0.1, -0.05) is 12.1 Å². The molecule has 0 amide bonds. The molecule has 0 radical (unpaired) electrons. The zero-order valence-corrected chi connectivity index (χ0v) is 13.3. The van der Waals surface area contributed by atoms with Crippen LogP contribution >= 0.6 is 0 Å². The summed E-state index contributed by atoms with van der Waals surface area (Å²) in [7, 11) is 0. The molecule has 0 saturated carbocycles. The van der Waals surface area contributed by atoms with Crippen molar-refractivity contribution in [3.63, 3.8) is 0 Å². The van der Waals surface area contributed by atoms with Gasteiger partial charge in [0.05, 0.1) is 18.3 Å². The van der Waals surface area contributed by atoms with Crippen LogP contribution in [0.1, 0.15) is 10.4 Å². The molecule has 4 atom stereocenters. The number of aromatic carboxylic acids is 1. The van der Waals surface area contributed by atoms with Gasteiger partial charge in [0, 0.05) is 0 Å². The topological polar surface area (TPSA) is 131 Å². The standard InChI is InChI=1S/C12H15NO7.Na/c14-5-8-9(15)10(16)12(19-8)20-13-7-3-1-6(2-4-7)11(17)18;/h1-4,8-10,12-16H,5H2,(H,17,18);/q;+1/p-1/t8-,9-,10+,12?;/m1./s1. The maximum atomic E-state index is 10.6. The fraction of sp³-hybridized carbons (Fsp3) is 0.417. The van der Waals surface area contributed by atoms with Gasteiger partial charge in [-0.2, -0.15) is 0 Å². The van der Waals surface area contributed by atoms with Gasteiger partial charge in [-0.25, -0.2) is 4.84 Å². The van der Waals surface area contributed by atoms with Gasteiger partial charge in [0.25, 0.3) is 0 Å². The van der Waals surface area contributed by atoms with E-state index in [1.165, 1.54) is 24.3 Å². The van der Waals surface area contributed by atoms with Crippen LogP contribution < -0.4 is 40.1 Å². The Bertz CT molecular complexity index is 469. The Balaban J connectivity index is 0.00000220. The Morgan fingerprint density at radius 1 is 1.29 bits per heavy atom. The normalized spacial score (nSPS) is 28.0. The Hall–Kier alpha value is -0.710. The fourth-order valence-corrected chi connectivity index (χ4v) is 1.76. The number of carbonyl (C=O) groups is 1. The molecule has 0 bridgehead atoms. The molecule has 0 aliphatic carbocycles. The second kappa shape index (κ2) is 8.06. The van der Waals surface area contributed by atoms with Crippen molar-refractivity contribution in [3.8, 4) is 0 Å². The maximum Gasteiger partial charge on any atom is 1.00 e. The first-order valence-corrected chi connectivity index (χ1v) is 5.88. The number of carbonyl (C=O) groups excluding carboxylic acids is 1. The van der Waals surface area contributed by atoms with Gasteiger partial charge >= 0.3 is 29.6 Å². The number of hydrogen-bond acceptors (Lipinski definition) is 8. The van der Waals surface area contributed by atoms with Gasteiger partial charge in [0.15, 0.2) is 0 Å². The predicted octanol–water partition coefficient (Wildman–Crippen LogP) is -5.16. The van der Waals surface area contributed by atoms with Crippen LogP contribution in [-0.4, -0.2) is 52.5 Å². The van der Waals surface area contributed by atoms with Gasteiger partial charge in [-0.15, -0.1) is 0 Å². The predicted molar refractivity (Wildman–Crippen MR) is 63.2 cm³/mol. The molecule has 9 heteroatoms. The number of rotatable bonds is 5. The van der Waals surface area contributed by atoms with E-state index in [4.69, 9.17) is 14.7 Å². The molecule has 8 nitrogen and oxygen atoms in total. The van der Waals surface area contributed by atoms with Crippen LogP contribution in [0.2, 0.25) is 0 Å². The molecule has 0 spiro atoms. The number of aliphatic hydroxyl groups is 3. The van der Waals surface area contributed by atoms with Gasteiger partial charge in [-0.3, -0.25) is 5.48 Å². The average Bonchev–Trinajstić information content (AvgIpc) is 2.73. The number of carboxylic acids is 1. The molecule has 1 aliphatic heterocycles. The van der Waals surface area contributed by atoms with Gasteiger partial charge in [0.2, 0.25) is 6.29 Å². The van der Waals surface area contributed by atoms with Crippen molar-refractivity contribution in [2.75, 3.05) is 12.1 Å². The van der Waals surface area contributed by atoms with Crippen molar-refractivity contribution in [3.05, 3.63) is 29.8 Å². The summed E-state index contributed by atoms with van der Waals surface area (Å²) in [4.78, 5) is 15.6. The maximum absolute atomic E-state index is 10.6. The first-order valence-electron chi connectivity index (χ1n) is 5.88. The van der Waals surface area contributed by atoms with Crippen LogP contribution in [-0.2, 0) is 9.57 Å². The molecule has 1 aliphatic rings. The summed E-state index contributed by atoms with van der Waals surface area (Å²) in [6.07, 6.45) is -4.62. The second-order valence-corrected chi connectivity index (χ2v) is 4.29. The zero-order valence-electron chi connectivity index (χ0n) is 11.3. The summed E-state index contributed by atoms with van der Waals surface area (Å²) in [6.45, 7) is -0.446.